The van der Waals surface area contributed by atoms with Crippen LogP contribution in [0.3, 0.4) is 0 Å². The molecule has 1 N–H and O–H groups in total. The highest BCUT2D eigenvalue weighted by Crippen LogP contribution is 2.23. The molecular formula is C15H23N3S. The summed E-state index contributed by atoms with van der Waals surface area (Å²) in [5.74, 6) is 1.06. The summed E-state index contributed by atoms with van der Waals surface area (Å²) in [7, 11) is 2.06. The molecule has 4 heteroatoms. The van der Waals surface area contributed by atoms with E-state index in [-0.39, 0.29) is 0 Å². The first-order chi connectivity index (χ1) is 9.13. The predicted octanol–water partition coefficient (Wildman–Crippen LogP) is 2.86. The second-order valence-electron chi connectivity index (χ2n) is 4.66. The van der Waals surface area contributed by atoms with E-state index in [1.165, 1.54) is 0 Å². The Morgan fingerprint density at radius 3 is 2.79 bits per heavy atom. The van der Waals surface area contributed by atoms with Gasteiger partial charge in [-0.05, 0) is 37.4 Å². The molecule has 3 nitrogen and oxygen atoms in total. The van der Waals surface area contributed by atoms with Crippen molar-refractivity contribution in [2.24, 2.45) is 0 Å². The largest absolute Gasteiger partial charge is 0.370 e. The molecule has 19 heavy (non-hydrogen) atoms. The number of hydrogen-bond donors (Lipinski definition) is 1. The van der Waals surface area contributed by atoms with Gasteiger partial charge in [0, 0.05) is 25.4 Å². The maximum Gasteiger partial charge on any atom is 0.101 e. The molecule has 0 spiro atoms. The lowest BCUT2D eigenvalue weighted by Crippen LogP contribution is -2.31. The van der Waals surface area contributed by atoms with Crippen LogP contribution in [0.15, 0.2) is 18.2 Å². The SMILES string of the molecule is CCNCc1ccc(N(C)C(C)CSC)c(C#N)c1. The average molecular weight is 277 g/mol. The Bertz CT molecular complexity index is 440. The van der Waals surface area contributed by atoms with Crippen LogP contribution in [-0.4, -0.2) is 31.6 Å². The van der Waals surface area contributed by atoms with Crippen molar-refractivity contribution in [1.82, 2.24) is 5.32 Å². The van der Waals surface area contributed by atoms with Crippen molar-refractivity contribution in [1.29, 1.82) is 5.26 Å². The second-order valence-corrected chi connectivity index (χ2v) is 5.57. The van der Waals surface area contributed by atoms with E-state index in [2.05, 4.69) is 55.6 Å². The Morgan fingerprint density at radius 1 is 1.47 bits per heavy atom. The summed E-state index contributed by atoms with van der Waals surface area (Å²) in [4.78, 5) is 2.19. The molecule has 0 heterocycles. The Balaban J connectivity index is 2.92. The van der Waals surface area contributed by atoms with Crippen molar-refractivity contribution in [3.8, 4) is 6.07 Å². The van der Waals surface area contributed by atoms with Gasteiger partial charge >= 0.3 is 0 Å². The van der Waals surface area contributed by atoms with Crippen LogP contribution >= 0.6 is 11.8 Å². The molecule has 1 unspecified atom stereocenters. The molecule has 104 valence electrons. The quantitative estimate of drug-likeness (QED) is 0.832. The van der Waals surface area contributed by atoms with Crippen molar-refractivity contribution in [2.45, 2.75) is 26.4 Å². The van der Waals surface area contributed by atoms with Crippen molar-refractivity contribution < 1.29 is 0 Å². The van der Waals surface area contributed by atoms with Gasteiger partial charge in [-0.3, -0.25) is 0 Å². The Kier molecular flexibility index (Phi) is 6.75. The van der Waals surface area contributed by atoms with Gasteiger partial charge in [0.15, 0.2) is 0 Å². The molecule has 1 aromatic carbocycles. The standard InChI is InChI=1S/C15H23N3S/c1-5-17-10-13-6-7-15(14(8-13)9-16)18(3)12(2)11-19-4/h6-8,12,17H,5,10-11H2,1-4H3. The fraction of sp³-hybridized carbons (Fsp3) is 0.533. The van der Waals surface area contributed by atoms with Crippen LogP contribution < -0.4 is 10.2 Å². The third kappa shape index (κ3) is 4.45. The fourth-order valence-electron chi connectivity index (χ4n) is 1.95. The number of nitrogens with one attached hydrogen (secondary N) is 1. The molecule has 0 saturated heterocycles. The Hall–Kier alpha value is -1.18. The smallest absolute Gasteiger partial charge is 0.101 e. The molecule has 0 bridgehead atoms. The number of rotatable bonds is 7. The molecule has 0 radical (unpaired) electrons. The van der Waals surface area contributed by atoms with Crippen LogP contribution in [0.2, 0.25) is 0 Å². The fourth-order valence-corrected chi connectivity index (χ4v) is 2.66. The number of anilines is 1. The summed E-state index contributed by atoms with van der Waals surface area (Å²) >= 11 is 1.83. The topological polar surface area (TPSA) is 39.1 Å². The molecule has 0 aliphatic carbocycles. The van der Waals surface area contributed by atoms with Crippen LogP contribution in [0, 0.1) is 11.3 Å². The van der Waals surface area contributed by atoms with Gasteiger partial charge in [0.1, 0.15) is 6.07 Å². The van der Waals surface area contributed by atoms with E-state index >= 15 is 0 Å². The van der Waals surface area contributed by atoms with E-state index in [1.807, 2.05) is 17.8 Å². The van der Waals surface area contributed by atoms with Crippen LogP contribution in [0.5, 0.6) is 0 Å². The zero-order valence-corrected chi connectivity index (χ0v) is 13.0. The normalized spacial score (nSPS) is 11.9. The van der Waals surface area contributed by atoms with Gasteiger partial charge in [-0.15, -0.1) is 0 Å². The maximum absolute atomic E-state index is 9.33. The molecule has 0 saturated carbocycles. The minimum atomic E-state index is 0.418. The summed E-state index contributed by atoms with van der Waals surface area (Å²) < 4.78 is 0. The molecule has 1 atom stereocenters. The van der Waals surface area contributed by atoms with Crippen molar-refractivity contribution in [3.05, 3.63) is 29.3 Å². The maximum atomic E-state index is 9.33. The van der Waals surface area contributed by atoms with Crippen LogP contribution in [0.25, 0.3) is 0 Å². The summed E-state index contributed by atoms with van der Waals surface area (Å²) in [5.41, 5.74) is 2.93. The summed E-state index contributed by atoms with van der Waals surface area (Å²) in [6.45, 7) is 6.02. The summed E-state index contributed by atoms with van der Waals surface area (Å²) in [5, 5.41) is 12.6. The number of hydrogen-bond acceptors (Lipinski definition) is 4. The number of nitrogens with zero attached hydrogens (tertiary/aromatic N) is 2. The highest BCUT2D eigenvalue weighted by molar-refractivity contribution is 7.98. The van der Waals surface area contributed by atoms with Gasteiger partial charge in [0.2, 0.25) is 0 Å². The van der Waals surface area contributed by atoms with E-state index in [1.54, 1.807) is 0 Å². The lowest BCUT2D eigenvalue weighted by Gasteiger charge is -2.27. The average Bonchev–Trinajstić information content (AvgIpc) is 2.44. The van der Waals surface area contributed by atoms with Gasteiger partial charge in [-0.1, -0.05) is 13.0 Å². The first-order valence-corrected chi connectivity index (χ1v) is 7.98. The number of thioether (sulfide) groups is 1. The van der Waals surface area contributed by atoms with Gasteiger partial charge < -0.3 is 10.2 Å². The minimum Gasteiger partial charge on any atom is -0.370 e. The predicted molar refractivity (Wildman–Crippen MR) is 84.8 cm³/mol. The minimum absolute atomic E-state index is 0.418. The zero-order chi connectivity index (χ0) is 14.3. The lowest BCUT2D eigenvalue weighted by molar-refractivity contribution is 0.725. The monoisotopic (exact) mass is 277 g/mol. The van der Waals surface area contributed by atoms with Crippen LogP contribution in [-0.2, 0) is 6.54 Å². The molecular weight excluding hydrogens is 254 g/mol. The molecule has 0 aliphatic heterocycles. The van der Waals surface area contributed by atoms with Crippen molar-refractivity contribution in [2.75, 3.05) is 30.5 Å². The summed E-state index contributed by atoms with van der Waals surface area (Å²) in [6.07, 6.45) is 2.11. The molecule has 0 amide bonds. The molecule has 0 aromatic heterocycles. The highest BCUT2D eigenvalue weighted by Gasteiger charge is 2.13. The molecule has 1 rings (SSSR count). The number of benzene rings is 1. The van der Waals surface area contributed by atoms with Crippen molar-refractivity contribution in [3.63, 3.8) is 0 Å². The van der Waals surface area contributed by atoms with E-state index in [0.29, 0.717) is 6.04 Å². The summed E-state index contributed by atoms with van der Waals surface area (Å²) in [6, 6.07) is 8.87. The van der Waals surface area contributed by atoms with E-state index in [9.17, 15) is 5.26 Å². The van der Waals surface area contributed by atoms with E-state index in [4.69, 9.17) is 0 Å². The highest BCUT2D eigenvalue weighted by atomic mass is 32.2. The van der Waals surface area contributed by atoms with Gasteiger partial charge in [0.25, 0.3) is 0 Å². The van der Waals surface area contributed by atoms with Gasteiger partial charge in [-0.2, -0.15) is 17.0 Å². The van der Waals surface area contributed by atoms with E-state index in [0.717, 1.165) is 35.7 Å². The molecule has 0 aliphatic rings. The Labute approximate surface area is 121 Å². The second kappa shape index (κ2) is 8.08. The lowest BCUT2D eigenvalue weighted by atomic mass is 10.1. The van der Waals surface area contributed by atoms with Crippen LogP contribution in [0.4, 0.5) is 5.69 Å². The first-order valence-electron chi connectivity index (χ1n) is 6.59. The van der Waals surface area contributed by atoms with Gasteiger partial charge in [-0.25, -0.2) is 0 Å². The zero-order valence-electron chi connectivity index (χ0n) is 12.2. The number of nitriles is 1. The van der Waals surface area contributed by atoms with Crippen molar-refractivity contribution >= 4 is 17.4 Å². The van der Waals surface area contributed by atoms with Gasteiger partial charge in [0.05, 0.1) is 11.3 Å². The Morgan fingerprint density at radius 2 is 2.21 bits per heavy atom. The molecule has 0 fully saturated rings. The molecule has 1 aromatic rings. The van der Waals surface area contributed by atoms with E-state index < -0.39 is 0 Å². The third-order valence-corrected chi connectivity index (χ3v) is 4.03. The first kappa shape index (κ1) is 15.9. The van der Waals surface area contributed by atoms with Crippen LogP contribution in [0.1, 0.15) is 25.0 Å². The third-order valence-electron chi connectivity index (χ3n) is 3.21.